The summed E-state index contributed by atoms with van der Waals surface area (Å²) in [4.78, 5) is 22.9. The molecule has 0 bridgehead atoms. The van der Waals surface area contributed by atoms with E-state index < -0.39 is 0 Å². The first-order valence-corrected chi connectivity index (χ1v) is 9.45. The second-order valence-corrected chi connectivity index (χ2v) is 8.20. The van der Waals surface area contributed by atoms with Gasteiger partial charge in [-0.05, 0) is 42.7 Å². The lowest BCUT2D eigenvalue weighted by molar-refractivity contribution is 0.0809. The molecule has 132 valence electrons. The number of carbonyl (C=O) groups excluding carboxylic acids is 1. The number of ketones is 1. The van der Waals surface area contributed by atoms with Crippen LogP contribution in [0, 0.1) is 5.41 Å². The summed E-state index contributed by atoms with van der Waals surface area (Å²) in [6.45, 7) is 4.01. The third-order valence-corrected chi connectivity index (χ3v) is 5.97. The molecule has 0 fully saturated rings. The molecule has 0 spiro atoms. The minimum Gasteiger partial charge on any atom is -0.497 e. The van der Waals surface area contributed by atoms with Crippen molar-refractivity contribution in [3.8, 4) is 26.9 Å². The highest BCUT2D eigenvalue weighted by molar-refractivity contribution is 7.18. The molecule has 1 aromatic carbocycles. The SMILES string of the molecule is COc1cccc(-c2cnc(-c3ccc4c(n3)CCC(C)(C)C4=O)s2)c1. The topological polar surface area (TPSA) is 52.1 Å². The van der Waals surface area contributed by atoms with E-state index in [-0.39, 0.29) is 11.2 Å². The van der Waals surface area contributed by atoms with E-state index in [1.807, 2.05) is 56.4 Å². The normalized spacial score (nSPS) is 15.6. The summed E-state index contributed by atoms with van der Waals surface area (Å²) in [5.74, 6) is 1.01. The van der Waals surface area contributed by atoms with E-state index in [0.29, 0.717) is 0 Å². The summed E-state index contributed by atoms with van der Waals surface area (Å²) in [7, 11) is 1.66. The Bertz CT molecular complexity index is 991. The molecule has 2 aromatic heterocycles. The quantitative estimate of drug-likeness (QED) is 0.654. The molecule has 3 aromatic rings. The number of pyridine rings is 1. The molecule has 0 radical (unpaired) electrons. The summed E-state index contributed by atoms with van der Waals surface area (Å²) >= 11 is 1.60. The van der Waals surface area contributed by atoms with E-state index in [9.17, 15) is 4.79 Å². The van der Waals surface area contributed by atoms with Crippen LogP contribution in [0.3, 0.4) is 0 Å². The Morgan fingerprint density at radius 1 is 1.19 bits per heavy atom. The molecule has 0 saturated carbocycles. The third-order valence-electron chi connectivity index (χ3n) is 4.90. The van der Waals surface area contributed by atoms with Crippen molar-refractivity contribution >= 4 is 17.1 Å². The van der Waals surface area contributed by atoms with E-state index in [2.05, 4.69) is 4.98 Å². The predicted molar refractivity (Wildman–Crippen MR) is 104 cm³/mol. The van der Waals surface area contributed by atoms with Crippen molar-refractivity contribution in [3.63, 3.8) is 0 Å². The molecule has 4 rings (SSSR count). The van der Waals surface area contributed by atoms with Gasteiger partial charge in [-0.1, -0.05) is 26.0 Å². The Balaban J connectivity index is 1.67. The fraction of sp³-hybridized carbons (Fsp3) is 0.286. The van der Waals surface area contributed by atoms with Crippen LogP contribution >= 0.6 is 11.3 Å². The van der Waals surface area contributed by atoms with Gasteiger partial charge in [-0.3, -0.25) is 4.79 Å². The molecule has 26 heavy (non-hydrogen) atoms. The number of thiazole rings is 1. The van der Waals surface area contributed by atoms with Crippen LogP contribution in [-0.2, 0) is 6.42 Å². The molecule has 5 heteroatoms. The van der Waals surface area contributed by atoms with Crippen LogP contribution in [-0.4, -0.2) is 22.9 Å². The van der Waals surface area contributed by atoms with Crippen molar-refractivity contribution in [1.82, 2.24) is 9.97 Å². The maximum atomic E-state index is 12.6. The second-order valence-electron chi connectivity index (χ2n) is 7.17. The number of hydrogen-bond donors (Lipinski definition) is 0. The molecular weight excluding hydrogens is 344 g/mol. The highest BCUT2D eigenvalue weighted by atomic mass is 32.1. The number of aromatic nitrogens is 2. The number of rotatable bonds is 3. The monoisotopic (exact) mass is 364 g/mol. The number of nitrogens with zero attached hydrogens (tertiary/aromatic N) is 2. The Morgan fingerprint density at radius 2 is 2.04 bits per heavy atom. The lowest BCUT2D eigenvalue weighted by Gasteiger charge is -2.28. The van der Waals surface area contributed by atoms with Crippen molar-refractivity contribution in [2.45, 2.75) is 26.7 Å². The Morgan fingerprint density at radius 3 is 2.85 bits per heavy atom. The van der Waals surface area contributed by atoms with Gasteiger partial charge < -0.3 is 4.74 Å². The van der Waals surface area contributed by atoms with Crippen molar-refractivity contribution in [2.75, 3.05) is 7.11 Å². The van der Waals surface area contributed by atoms with Crippen LogP contribution < -0.4 is 4.74 Å². The molecule has 0 unspecified atom stereocenters. The Kier molecular flexibility index (Phi) is 4.11. The van der Waals surface area contributed by atoms with Crippen molar-refractivity contribution < 1.29 is 9.53 Å². The molecule has 0 atom stereocenters. The lowest BCUT2D eigenvalue weighted by Crippen LogP contribution is -2.31. The number of Topliss-reactive ketones (excluding diaryl/α,β-unsaturated/α-hetero) is 1. The van der Waals surface area contributed by atoms with Gasteiger partial charge >= 0.3 is 0 Å². The third kappa shape index (κ3) is 2.92. The first-order valence-electron chi connectivity index (χ1n) is 8.63. The van der Waals surface area contributed by atoms with Gasteiger partial charge in [0.25, 0.3) is 0 Å². The van der Waals surface area contributed by atoms with Gasteiger partial charge in [-0.15, -0.1) is 11.3 Å². The fourth-order valence-electron chi connectivity index (χ4n) is 3.23. The number of carbonyl (C=O) groups is 1. The number of benzene rings is 1. The van der Waals surface area contributed by atoms with Gasteiger partial charge in [0, 0.05) is 17.2 Å². The Hall–Kier alpha value is -2.53. The lowest BCUT2D eigenvalue weighted by atomic mass is 9.75. The molecule has 0 N–H and O–H groups in total. The molecule has 1 aliphatic carbocycles. The molecular formula is C21H20N2O2S. The average molecular weight is 364 g/mol. The summed E-state index contributed by atoms with van der Waals surface area (Å²) in [6.07, 6.45) is 3.53. The largest absolute Gasteiger partial charge is 0.497 e. The van der Waals surface area contributed by atoms with Crippen LogP contribution in [0.4, 0.5) is 0 Å². The van der Waals surface area contributed by atoms with Crippen molar-refractivity contribution in [1.29, 1.82) is 0 Å². The smallest absolute Gasteiger partial charge is 0.170 e. The van der Waals surface area contributed by atoms with E-state index in [1.165, 1.54) is 0 Å². The standard InChI is InChI=1S/C21H20N2O2S/c1-21(2)10-9-16-15(19(21)24)7-8-17(23-16)20-22-12-18(26-20)13-5-4-6-14(11-13)25-3/h4-8,11-12H,9-10H2,1-3H3. The van der Waals surface area contributed by atoms with Gasteiger partial charge in [0.15, 0.2) is 5.78 Å². The van der Waals surface area contributed by atoms with E-state index in [0.717, 1.165) is 51.0 Å². The number of hydrogen-bond acceptors (Lipinski definition) is 5. The zero-order chi connectivity index (χ0) is 18.3. The van der Waals surface area contributed by atoms with Crippen LogP contribution in [0.2, 0.25) is 0 Å². The van der Waals surface area contributed by atoms with Crippen LogP contribution in [0.1, 0.15) is 36.3 Å². The summed E-state index contributed by atoms with van der Waals surface area (Å²) in [5.41, 5.74) is 3.26. The predicted octanol–water partition coefficient (Wildman–Crippen LogP) is 5.04. The van der Waals surface area contributed by atoms with Crippen LogP contribution in [0.5, 0.6) is 5.75 Å². The van der Waals surface area contributed by atoms with Crippen LogP contribution in [0.15, 0.2) is 42.6 Å². The molecule has 0 aliphatic heterocycles. The van der Waals surface area contributed by atoms with Crippen molar-refractivity contribution in [3.05, 3.63) is 53.9 Å². The van der Waals surface area contributed by atoms with Gasteiger partial charge in [0.1, 0.15) is 10.8 Å². The minimum absolute atomic E-state index is 0.189. The second kappa shape index (κ2) is 6.32. The molecule has 0 amide bonds. The molecule has 4 nitrogen and oxygen atoms in total. The number of aryl methyl sites for hydroxylation is 1. The van der Waals surface area contributed by atoms with E-state index in [1.54, 1.807) is 18.4 Å². The van der Waals surface area contributed by atoms with Gasteiger partial charge in [0.05, 0.1) is 23.4 Å². The minimum atomic E-state index is -0.295. The highest BCUT2D eigenvalue weighted by Gasteiger charge is 2.34. The van der Waals surface area contributed by atoms with Crippen LogP contribution in [0.25, 0.3) is 21.1 Å². The molecule has 2 heterocycles. The first-order chi connectivity index (χ1) is 12.5. The van der Waals surface area contributed by atoms with Crippen molar-refractivity contribution in [2.24, 2.45) is 5.41 Å². The zero-order valence-corrected chi connectivity index (χ0v) is 15.9. The van der Waals surface area contributed by atoms with Gasteiger partial charge in [0.2, 0.25) is 0 Å². The number of methoxy groups -OCH3 is 1. The molecule has 0 saturated heterocycles. The maximum absolute atomic E-state index is 12.6. The zero-order valence-electron chi connectivity index (χ0n) is 15.1. The maximum Gasteiger partial charge on any atom is 0.170 e. The Labute approximate surface area is 156 Å². The van der Waals surface area contributed by atoms with Gasteiger partial charge in [-0.2, -0.15) is 0 Å². The first kappa shape index (κ1) is 16.9. The summed E-state index contributed by atoms with van der Waals surface area (Å²) < 4.78 is 5.30. The fourth-order valence-corrected chi connectivity index (χ4v) is 4.11. The number of ether oxygens (including phenoxy) is 1. The van der Waals surface area contributed by atoms with E-state index >= 15 is 0 Å². The highest BCUT2D eigenvalue weighted by Crippen LogP contribution is 2.37. The molecule has 1 aliphatic rings. The van der Waals surface area contributed by atoms with Gasteiger partial charge in [-0.25, -0.2) is 9.97 Å². The van der Waals surface area contributed by atoms with E-state index in [4.69, 9.17) is 9.72 Å². The summed E-state index contributed by atoms with van der Waals surface area (Å²) in [6, 6.07) is 11.8. The summed E-state index contributed by atoms with van der Waals surface area (Å²) in [5, 5.41) is 0.864. The number of fused-ring (bicyclic) bond motifs is 1. The average Bonchev–Trinajstić information content (AvgIpc) is 3.15.